The summed E-state index contributed by atoms with van der Waals surface area (Å²) in [5.74, 6) is -0.0473. The largest absolute Gasteiger partial charge is 0.356 e. The Labute approximate surface area is 115 Å². The van der Waals surface area contributed by atoms with E-state index in [1.165, 1.54) is 5.56 Å². The van der Waals surface area contributed by atoms with Crippen molar-refractivity contribution in [1.29, 1.82) is 0 Å². The van der Waals surface area contributed by atoms with E-state index in [4.69, 9.17) is 0 Å². The van der Waals surface area contributed by atoms with Gasteiger partial charge in [-0.2, -0.15) is 0 Å². The Balaban J connectivity index is 2.61. The molecule has 3 heteroatoms. The lowest BCUT2D eigenvalue weighted by Gasteiger charge is -2.18. The average Bonchev–Trinajstić information content (AvgIpc) is 2.35. The van der Waals surface area contributed by atoms with Crippen LogP contribution in [0.5, 0.6) is 0 Å². The van der Waals surface area contributed by atoms with Crippen molar-refractivity contribution in [2.45, 2.75) is 46.0 Å². The summed E-state index contributed by atoms with van der Waals surface area (Å²) < 4.78 is 0. The number of carbonyl (C=O) groups is 2. The van der Waals surface area contributed by atoms with Crippen LogP contribution < -0.4 is 5.32 Å². The van der Waals surface area contributed by atoms with E-state index < -0.39 is 0 Å². The molecule has 0 atom stereocenters. The molecule has 1 amide bonds. The van der Waals surface area contributed by atoms with Crippen molar-refractivity contribution in [2.75, 3.05) is 6.54 Å². The molecule has 0 heterocycles. The van der Waals surface area contributed by atoms with Gasteiger partial charge in [0.1, 0.15) is 0 Å². The third kappa shape index (κ3) is 4.86. The topological polar surface area (TPSA) is 46.2 Å². The summed E-state index contributed by atoms with van der Waals surface area (Å²) in [6.45, 7) is 8.88. The van der Waals surface area contributed by atoms with Crippen LogP contribution in [0.15, 0.2) is 24.3 Å². The Hall–Kier alpha value is -1.64. The highest BCUT2D eigenvalue weighted by Gasteiger charge is 2.14. The number of benzene rings is 1. The van der Waals surface area contributed by atoms with Crippen LogP contribution in [-0.4, -0.2) is 18.2 Å². The number of rotatable bonds is 5. The first-order valence-corrected chi connectivity index (χ1v) is 6.75. The number of carbonyl (C=O) groups excluding carboxylic acids is 2. The minimum atomic E-state index is -0.0674. The van der Waals surface area contributed by atoms with Crippen LogP contribution in [0, 0.1) is 0 Å². The molecule has 0 radical (unpaired) electrons. The molecule has 0 aliphatic rings. The smallest absolute Gasteiger partial charge is 0.220 e. The molecule has 0 bridgehead atoms. The number of nitrogens with one attached hydrogen (secondary N) is 1. The van der Waals surface area contributed by atoms with Gasteiger partial charge in [0.05, 0.1) is 0 Å². The summed E-state index contributed by atoms with van der Waals surface area (Å²) in [7, 11) is 0. The van der Waals surface area contributed by atoms with Crippen LogP contribution in [0.3, 0.4) is 0 Å². The molecule has 0 saturated carbocycles. The second-order valence-electron chi connectivity index (χ2n) is 5.70. The van der Waals surface area contributed by atoms with Crippen LogP contribution in [0.2, 0.25) is 0 Å². The first-order chi connectivity index (χ1) is 8.84. The second kappa shape index (κ2) is 6.50. The highest BCUT2D eigenvalue weighted by molar-refractivity contribution is 5.97. The Morgan fingerprint density at radius 3 is 2.11 bits per heavy atom. The van der Waals surface area contributed by atoms with Crippen molar-refractivity contribution in [3.8, 4) is 0 Å². The summed E-state index contributed by atoms with van der Waals surface area (Å²) in [5.41, 5.74) is 1.97. The van der Waals surface area contributed by atoms with Gasteiger partial charge < -0.3 is 5.32 Å². The van der Waals surface area contributed by atoms with E-state index in [-0.39, 0.29) is 29.9 Å². The van der Waals surface area contributed by atoms with Crippen molar-refractivity contribution in [3.05, 3.63) is 35.4 Å². The van der Waals surface area contributed by atoms with E-state index in [0.717, 1.165) is 0 Å². The molecular formula is C16H23NO2. The van der Waals surface area contributed by atoms with E-state index in [1.807, 2.05) is 31.2 Å². The predicted molar refractivity (Wildman–Crippen MR) is 77.4 cm³/mol. The van der Waals surface area contributed by atoms with Gasteiger partial charge in [-0.15, -0.1) is 0 Å². The van der Waals surface area contributed by atoms with Crippen molar-refractivity contribution < 1.29 is 9.59 Å². The predicted octanol–water partition coefficient (Wildman–Crippen LogP) is 3.08. The normalized spacial score (nSPS) is 11.2. The Kier molecular flexibility index (Phi) is 5.28. The highest BCUT2D eigenvalue weighted by Crippen LogP contribution is 2.22. The molecule has 1 aromatic carbocycles. The summed E-state index contributed by atoms with van der Waals surface area (Å²) in [6, 6.07) is 7.67. The van der Waals surface area contributed by atoms with Gasteiger partial charge in [0, 0.05) is 24.9 Å². The van der Waals surface area contributed by atoms with E-state index in [0.29, 0.717) is 12.1 Å². The first kappa shape index (κ1) is 15.4. The third-order valence-electron chi connectivity index (χ3n) is 3.03. The minimum Gasteiger partial charge on any atom is -0.356 e. The van der Waals surface area contributed by atoms with Crippen molar-refractivity contribution in [2.24, 2.45) is 0 Å². The molecule has 3 nitrogen and oxygen atoms in total. The van der Waals surface area contributed by atoms with Gasteiger partial charge in [-0.25, -0.2) is 0 Å². The number of hydrogen-bond acceptors (Lipinski definition) is 2. The van der Waals surface area contributed by atoms with E-state index >= 15 is 0 Å². The molecule has 0 fully saturated rings. The van der Waals surface area contributed by atoms with Gasteiger partial charge in [0.25, 0.3) is 0 Å². The fourth-order valence-electron chi connectivity index (χ4n) is 1.81. The summed E-state index contributed by atoms with van der Waals surface area (Å²) in [6.07, 6.45) is 0.522. The molecule has 0 saturated heterocycles. The number of Topliss-reactive ketones (excluding diaryl/α,β-unsaturated/α-hetero) is 1. The number of hydrogen-bond donors (Lipinski definition) is 1. The maximum Gasteiger partial charge on any atom is 0.220 e. The molecule has 1 N–H and O–H groups in total. The summed E-state index contributed by atoms with van der Waals surface area (Å²) in [5, 5.41) is 2.69. The zero-order chi connectivity index (χ0) is 14.5. The van der Waals surface area contributed by atoms with Crippen LogP contribution in [0.4, 0.5) is 0 Å². The van der Waals surface area contributed by atoms with Crippen LogP contribution in [0.1, 0.15) is 56.5 Å². The molecule has 1 aromatic rings. The summed E-state index contributed by atoms with van der Waals surface area (Å²) >= 11 is 0. The Bertz CT molecular complexity index is 441. The van der Waals surface area contributed by atoms with Gasteiger partial charge in [-0.05, 0) is 17.9 Å². The monoisotopic (exact) mass is 261 g/mol. The number of amides is 1. The van der Waals surface area contributed by atoms with E-state index in [2.05, 4.69) is 26.1 Å². The average molecular weight is 261 g/mol. The van der Waals surface area contributed by atoms with Crippen molar-refractivity contribution >= 4 is 11.7 Å². The Morgan fingerprint density at radius 2 is 1.63 bits per heavy atom. The molecule has 0 unspecified atom stereocenters. The first-order valence-electron chi connectivity index (χ1n) is 6.75. The standard InChI is InChI=1S/C16H23NO2/c1-5-17-15(19)11-10-14(18)12-6-8-13(9-7-12)16(2,3)4/h6-9H,5,10-11H2,1-4H3,(H,17,19). The molecule has 19 heavy (non-hydrogen) atoms. The fourth-order valence-corrected chi connectivity index (χ4v) is 1.81. The van der Waals surface area contributed by atoms with Crippen molar-refractivity contribution in [3.63, 3.8) is 0 Å². The zero-order valence-electron chi connectivity index (χ0n) is 12.2. The van der Waals surface area contributed by atoms with Crippen LogP contribution >= 0.6 is 0 Å². The van der Waals surface area contributed by atoms with Gasteiger partial charge in [0.15, 0.2) is 5.78 Å². The summed E-state index contributed by atoms with van der Waals surface area (Å²) in [4.78, 5) is 23.2. The maximum absolute atomic E-state index is 11.9. The lowest BCUT2D eigenvalue weighted by Crippen LogP contribution is -2.23. The minimum absolute atomic E-state index is 0.0201. The van der Waals surface area contributed by atoms with Crippen LogP contribution in [-0.2, 0) is 10.2 Å². The SMILES string of the molecule is CCNC(=O)CCC(=O)c1ccc(C(C)(C)C)cc1. The molecule has 1 rings (SSSR count). The van der Waals surface area contributed by atoms with Crippen LogP contribution in [0.25, 0.3) is 0 Å². The molecule has 0 aromatic heterocycles. The van der Waals surface area contributed by atoms with Gasteiger partial charge >= 0.3 is 0 Å². The third-order valence-corrected chi connectivity index (χ3v) is 3.03. The molecule has 0 aliphatic carbocycles. The van der Waals surface area contributed by atoms with E-state index in [9.17, 15) is 9.59 Å². The number of ketones is 1. The Morgan fingerprint density at radius 1 is 1.05 bits per heavy atom. The second-order valence-corrected chi connectivity index (χ2v) is 5.70. The molecule has 0 spiro atoms. The lowest BCUT2D eigenvalue weighted by atomic mass is 9.86. The quantitative estimate of drug-likeness (QED) is 0.828. The van der Waals surface area contributed by atoms with Gasteiger partial charge in [-0.1, -0.05) is 45.0 Å². The fraction of sp³-hybridized carbons (Fsp3) is 0.500. The molecule has 0 aliphatic heterocycles. The zero-order valence-corrected chi connectivity index (χ0v) is 12.2. The maximum atomic E-state index is 11.9. The van der Waals surface area contributed by atoms with E-state index in [1.54, 1.807) is 0 Å². The molecule has 104 valence electrons. The van der Waals surface area contributed by atoms with Crippen molar-refractivity contribution in [1.82, 2.24) is 5.32 Å². The molecular weight excluding hydrogens is 238 g/mol. The highest BCUT2D eigenvalue weighted by atomic mass is 16.2. The van der Waals surface area contributed by atoms with Gasteiger partial charge in [-0.3, -0.25) is 9.59 Å². The lowest BCUT2D eigenvalue weighted by molar-refractivity contribution is -0.120. The van der Waals surface area contributed by atoms with Gasteiger partial charge in [0.2, 0.25) is 5.91 Å².